The molecule has 3 aromatic rings. The van der Waals surface area contributed by atoms with Crippen LogP contribution in [0.4, 0.5) is 4.39 Å². The van der Waals surface area contributed by atoms with E-state index >= 15 is 0 Å². The topological polar surface area (TPSA) is 108 Å². The van der Waals surface area contributed by atoms with Crippen molar-refractivity contribution in [3.05, 3.63) is 58.3 Å². The van der Waals surface area contributed by atoms with E-state index in [0.29, 0.717) is 13.2 Å². The normalized spacial score (nSPS) is 15.3. The van der Waals surface area contributed by atoms with Crippen molar-refractivity contribution < 1.29 is 31.5 Å². The molecule has 0 radical (unpaired) electrons. The number of hydrogen-bond donors (Lipinski definition) is 0. The number of morpholine rings is 1. The van der Waals surface area contributed by atoms with Crippen molar-refractivity contribution in [1.82, 2.24) is 8.87 Å². The maximum atomic E-state index is 13.9. The lowest BCUT2D eigenvalue weighted by atomic mass is 10.1. The molecule has 0 amide bonds. The first kappa shape index (κ1) is 21.2. The molecule has 1 aliphatic heterocycles. The predicted octanol–water partition coefficient (Wildman–Crippen LogP) is 1.65. The minimum Gasteiger partial charge on any atom is -0.494 e. The quantitative estimate of drug-likeness (QED) is 0.526. The highest BCUT2D eigenvalue weighted by molar-refractivity contribution is 7.89. The van der Waals surface area contributed by atoms with Gasteiger partial charge >= 0.3 is 5.76 Å². The molecule has 0 N–H and O–H groups in total. The fraction of sp³-hybridized carbons (Fsp3) is 0.300. The van der Waals surface area contributed by atoms with Crippen molar-refractivity contribution in [3.8, 4) is 5.75 Å². The Bertz CT molecular complexity index is 1310. The number of hydrogen-bond acceptors (Lipinski definition) is 7. The van der Waals surface area contributed by atoms with Gasteiger partial charge in [-0.1, -0.05) is 0 Å². The van der Waals surface area contributed by atoms with Crippen LogP contribution in [0.2, 0.25) is 0 Å². The van der Waals surface area contributed by atoms with Crippen molar-refractivity contribution in [2.45, 2.75) is 11.4 Å². The van der Waals surface area contributed by atoms with E-state index in [1.807, 2.05) is 0 Å². The Morgan fingerprint density at radius 1 is 1.16 bits per heavy atom. The lowest BCUT2D eigenvalue weighted by Crippen LogP contribution is -2.40. The molecule has 0 saturated carbocycles. The van der Waals surface area contributed by atoms with E-state index in [2.05, 4.69) is 0 Å². The molecule has 1 fully saturated rings. The van der Waals surface area contributed by atoms with Crippen LogP contribution in [-0.4, -0.2) is 56.5 Å². The Hall–Kier alpha value is -3.02. The molecule has 0 bridgehead atoms. The predicted molar refractivity (Wildman–Crippen MR) is 107 cm³/mol. The standard InChI is InChI=1S/C20H19FN2O7S/c1-28-18-5-2-13(10-15(18)21)17(24)12-23-16-4-3-14(11-19(16)30-20(23)25)31(26,27)22-6-8-29-9-7-22/h2-5,10-11H,6-9,12H2,1H3. The third-order valence-electron chi connectivity index (χ3n) is 5.02. The van der Waals surface area contributed by atoms with Crippen molar-refractivity contribution in [2.75, 3.05) is 33.4 Å². The molecule has 0 atom stereocenters. The van der Waals surface area contributed by atoms with Crippen LogP contribution in [-0.2, 0) is 21.3 Å². The van der Waals surface area contributed by atoms with Crippen LogP contribution in [0.1, 0.15) is 10.4 Å². The average molecular weight is 450 g/mol. The summed E-state index contributed by atoms with van der Waals surface area (Å²) < 4.78 is 57.1. The number of Topliss-reactive ketones (excluding diaryl/α,β-unsaturated/α-hetero) is 1. The average Bonchev–Trinajstić information content (AvgIpc) is 3.08. The number of aromatic nitrogens is 1. The van der Waals surface area contributed by atoms with Gasteiger partial charge in [0.25, 0.3) is 0 Å². The number of fused-ring (bicyclic) bond motifs is 1. The minimum atomic E-state index is -3.77. The Morgan fingerprint density at radius 3 is 2.58 bits per heavy atom. The van der Waals surface area contributed by atoms with Crippen LogP contribution in [0.15, 0.2) is 50.5 Å². The number of sulfonamides is 1. The summed E-state index contributed by atoms with van der Waals surface area (Å²) in [6, 6.07) is 7.77. The number of ketones is 1. The van der Waals surface area contributed by atoms with Crippen LogP contribution in [0.25, 0.3) is 11.1 Å². The van der Waals surface area contributed by atoms with Crippen LogP contribution < -0.4 is 10.5 Å². The summed E-state index contributed by atoms with van der Waals surface area (Å²) >= 11 is 0. The van der Waals surface area contributed by atoms with E-state index in [-0.39, 0.29) is 40.4 Å². The van der Waals surface area contributed by atoms with Crippen molar-refractivity contribution in [3.63, 3.8) is 0 Å². The molecule has 9 nitrogen and oxygen atoms in total. The van der Waals surface area contributed by atoms with Gasteiger partial charge in [0.1, 0.15) is 0 Å². The first-order chi connectivity index (χ1) is 14.8. The lowest BCUT2D eigenvalue weighted by molar-refractivity contribution is 0.0730. The van der Waals surface area contributed by atoms with Gasteiger partial charge in [-0.05, 0) is 30.3 Å². The fourth-order valence-electron chi connectivity index (χ4n) is 3.37. The molecule has 2 heterocycles. The summed E-state index contributed by atoms with van der Waals surface area (Å²) in [6.07, 6.45) is 0. The number of carbonyl (C=O) groups excluding carboxylic acids is 1. The monoisotopic (exact) mass is 450 g/mol. The number of rotatable bonds is 6. The van der Waals surface area contributed by atoms with Gasteiger partial charge in [0.2, 0.25) is 10.0 Å². The first-order valence-corrected chi connectivity index (χ1v) is 10.8. The highest BCUT2D eigenvalue weighted by Crippen LogP contribution is 2.23. The second-order valence-corrected chi connectivity index (χ2v) is 8.81. The summed E-state index contributed by atoms with van der Waals surface area (Å²) in [4.78, 5) is 24.9. The molecule has 164 valence electrons. The molecule has 1 aromatic heterocycles. The Labute approximate surface area is 176 Å². The van der Waals surface area contributed by atoms with Crippen molar-refractivity contribution in [1.29, 1.82) is 0 Å². The molecule has 11 heteroatoms. The Morgan fingerprint density at radius 2 is 1.90 bits per heavy atom. The number of nitrogens with zero attached hydrogens (tertiary/aromatic N) is 2. The summed E-state index contributed by atoms with van der Waals surface area (Å²) in [6.45, 7) is 0.686. The third-order valence-corrected chi connectivity index (χ3v) is 6.92. The summed E-state index contributed by atoms with van der Waals surface area (Å²) in [5.41, 5.74) is 0.354. The molecule has 1 aliphatic rings. The largest absolute Gasteiger partial charge is 0.494 e. The number of carbonyl (C=O) groups is 1. The number of methoxy groups -OCH3 is 1. The molecular formula is C20H19FN2O7S. The minimum absolute atomic E-state index is 0.00326. The molecule has 1 saturated heterocycles. The third kappa shape index (κ3) is 3.99. The van der Waals surface area contributed by atoms with Crippen LogP contribution in [0.5, 0.6) is 5.75 Å². The zero-order valence-corrected chi connectivity index (χ0v) is 17.4. The smallest absolute Gasteiger partial charge is 0.420 e. The van der Waals surface area contributed by atoms with E-state index < -0.39 is 33.9 Å². The highest BCUT2D eigenvalue weighted by Gasteiger charge is 2.27. The maximum Gasteiger partial charge on any atom is 0.420 e. The SMILES string of the molecule is COc1ccc(C(=O)Cn2c(=O)oc3cc(S(=O)(=O)N4CCOCC4)ccc32)cc1F. The lowest BCUT2D eigenvalue weighted by Gasteiger charge is -2.25. The van der Waals surface area contributed by atoms with E-state index in [1.165, 1.54) is 41.7 Å². The van der Waals surface area contributed by atoms with Gasteiger partial charge in [-0.15, -0.1) is 0 Å². The van der Waals surface area contributed by atoms with Crippen LogP contribution in [0, 0.1) is 5.82 Å². The van der Waals surface area contributed by atoms with E-state index in [1.54, 1.807) is 0 Å². The Kier molecular flexibility index (Phi) is 5.65. The molecule has 2 aromatic carbocycles. The zero-order chi connectivity index (χ0) is 22.2. The number of ether oxygens (including phenoxy) is 2. The second-order valence-electron chi connectivity index (χ2n) is 6.87. The van der Waals surface area contributed by atoms with Crippen LogP contribution in [0.3, 0.4) is 0 Å². The van der Waals surface area contributed by atoms with Gasteiger partial charge in [0.15, 0.2) is 22.9 Å². The molecule has 0 aliphatic carbocycles. The van der Waals surface area contributed by atoms with Crippen LogP contribution >= 0.6 is 0 Å². The number of halogens is 1. The molecule has 4 rings (SSSR count). The van der Waals surface area contributed by atoms with Crippen molar-refractivity contribution in [2.24, 2.45) is 0 Å². The fourth-order valence-corrected chi connectivity index (χ4v) is 4.79. The molecular weight excluding hydrogens is 431 g/mol. The summed E-state index contributed by atoms with van der Waals surface area (Å²) in [7, 11) is -2.46. The van der Waals surface area contributed by atoms with E-state index in [0.717, 1.165) is 10.6 Å². The second kappa shape index (κ2) is 8.25. The van der Waals surface area contributed by atoms with Crippen molar-refractivity contribution >= 4 is 26.9 Å². The number of oxazole rings is 1. The van der Waals surface area contributed by atoms with E-state index in [9.17, 15) is 22.4 Å². The number of benzene rings is 2. The highest BCUT2D eigenvalue weighted by atomic mass is 32.2. The first-order valence-electron chi connectivity index (χ1n) is 9.39. The molecule has 0 spiro atoms. The van der Waals surface area contributed by atoms with Gasteiger partial charge in [0.05, 0.1) is 37.3 Å². The zero-order valence-electron chi connectivity index (χ0n) is 16.5. The maximum absolute atomic E-state index is 13.9. The van der Waals surface area contributed by atoms with Gasteiger partial charge < -0.3 is 13.9 Å². The van der Waals surface area contributed by atoms with Gasteiger partial charge in [-0.3, -0.25) is 9.36 Å². The molecule has 31 heavy (non-hydrogen) atoms. The van der Waals surface area contributed by atoms with Gasteiger partial charge in [-0.25, -0.2) is 17.6 Å². The molecule has 0 unspecified atom stereocenters. The summed E-state index contributed by atoms with van der Waals surface area (Å²) in [5, 5.41) is 0. The summed E-state index contributed by atoms with van der Waals surface area (Å²) in [5.74, 6) is -2.04. The van der Waals surface area contributed by atoms with Gasteiger partial charge in [0, 0.05) is 24.7 Å². The van der Waals surface area contributed by atoms with Gasteiger partial charge in [-0.2, -0.15) is 4.31 Å². The van der Waals surface area contributed by atoms with E-state index in [4.69, 9.17) is 13.9 Å². The Balaban J connectivity index is 1.64.